The van der Waals surface area contributed by atoms with E-state index < -0.39 is 0 Å². The van der Waals surface area contributed by atoms with E-state index >= 15 is 0 Å². The summed E-state index contributed by atoms with van der Waals surface area (Å²) in [5.74, 6) is 0.453. The molecule has 3 rings (SSSR count). The number of fused-ring (bicyclic) bond motifs is 1. The van der Waals surface area contributed by atoms with Crippen molar-refractivity contribution in [1.82, 2.24) is 10.2 Å². The first kappa shape index (κ1) is 8.91. The maximum absolute atomic E-state index is 5.42. The number of aromatic nitrogens is 2. The van der Waals surface area contributed by atoms with Gasteiger partial charge in [-0.3, -0.25) is 0 Å². The molecule has 0 saturated carbocycles. The number of hydrogen-bond donors (Lipinski definition) is 1. The van der Waals surface area contributed by atoms with Crippen molar-refractivity contribution < 1.29 is 4.42 Å². The Morgan fingerprint density at radius 1 is 0.938 bits per heavy atom. The van der Waals surface area contributed by atoms with Gasteiger partial charge in [-0.1, -0.05) is 41.5 Å². The molecule has 1 heterocycles. The van der Waals surface area contributed by atoms with Crippen molar-refractivity contribution in [1.29, 1.82) is 0 Å². The quantitative estimate of drug-likeness (QED) is 0.671. The molecule has 0 aliphatic heterocycles. The Morgan fingerprint density at radius 3 is 2.56 bits per heavy atom. The van der Waals surface area contributed by atoms with Crippen molar-refractivity contribution >= 4 is 16.8 Å². The minimum Gasteiger partial charge on any atom is -0.404 e. The number of nitrogen functional groups attached to an aromatic ring is 1. The van der Waals surface area contributed by atoms with Crippen LogP contribution in [0.4, 0.5) is 6.01 Å². The number of nitrogens with zero attached hydrogens (tertiary/aromatic N) is 2. The molecule has 1 aromatic heterocycles. The Balaban J connectivity index is 2.31. The van der Waals surface area contributed by atoms with Crippen LogP contribution in [0.2, 0.25) is 0 Å². The zero-order valence-electron chi connectivity index (χ0n) is 8.42. The maximum Gasteiger partial charge on any atom is 0.313 e. The number of anilines is 1. The lowest BCUT2D eigenvalue weighted by atomic mass is 10.0. The monoisotopic (exact) mass is 211 g/mol. The largest absolute Gasteiger partial charge is 0.404 e. The highest BCUT2D eigenvalue weighted by Gasteiger charge is 2.09. The van der Waals surface area contributed by atoms with Crippen LogP contribution in [0, 0.1) is 0 Å². The van der Waals surface area contributed by atoms with Gasteiger partial charge in [0, 0.05) is 5.56 Å². The van der Waals surface area contributed by atoms with E-state index in [1.165, 1.54) is 0 Å². The fourth-order valence-corrected chi connectivity index (χ4v) is 1.76. The molecule has 0 bridgehead atoms. The van der Waals surface area contributed by atoms with E-state index in [4.69, 9.17) is 10.2 Å². The van der Waals surface area contributed by atoms with Crippen molar-refractivity contribution in [3.63, 3.8) is 0 Å². The topological polar surface area (TPSA) is 64.9 Å². The Morgan fingerprint density at radius 2 is 1.75 bits per heavy atom. The fourth-order valence-electron chi connectivity index (χ4n) is 1.76. The first-order chi connectivity index (χ1) is 7.84. The van der Waals surface area contributed by atoms with Gasteiger partial charge in [-0.2, -0.15) is 0 Å². The molecule has 0 radical (unpaired) electrons. The Labute approximate surface area is 91.7 Å². The summed E-state index contributed by atoms with van der Waals surface area (Å²) in [7, 11) is 0. The van der Waals surface area contributed by atoms with Crippen molar-refractivity contribution in [2.45, 2.75) is 0 Å². The molecular formula is C12H9N3O. The molecule has 78 valence electrons. The molecule has 4 nitrogen and oxygen atoms in total. The third-order valence-corrected chi connectivity index (χ3v) is 2.46. The van der Waals surface area contributed by atoms with Gasteiger partial charge in [-0.15, -0.1) is 5.10 Å². The van der Waals surface area contributed by atoms with E-state index in [-0.39, 0.29) is 6.01 Å². The molecule has 0 fully saturated rings. The lowest BCUT2D eigenvalue weighted by Crippen LogP contribution is -1.81. The summed E-state index contributed by atoms with van der Waals surface area (Å²) in [4.78, 5) is 0. The molecule has 0 atom stereocenters. The molecule has 2 aromatic carbocycles. The van der Waals surface area contributed by atoms with Crippen LogP contribution in [0.15, 0.2) is 46.9 Å². The van der Waals surface area contributed by atoms with Gasteiger partial charge in [0.2, 0.25) is 5.89 Å². The molecule has 16 heavy (non-hydrogen) atoms. The third kappa shape index (κ3) is 1.32. The van der Waals surface area contributed by atoms with E-state index in [9.17, 15) is 0 Å². The van der Waals surface area contributed by atoms with E-state index in [2.05, 4.69) is 10.2 Å². The Bertz CT molecular complexity index is 640. The SMILES string of the molecule is Nc1nnc(-c2cccc3ccccc23)o1. The van der Waals surface area contributed by atoms with Crippen molar-refractivity contribution in [3.8, 4) is 11.5 Å². The van der Waals surface area contributed by atoms with Gasteiger partial charge in [0.05, 0.1) is 0 Å². The van der Waals surface area contributed by atoms with Gasteiger partial charge < -0.3 is 10.2 Å². The van der Waals surface area contributed by atoms with Gasteiger partial charge in [0.1, 0.15) is 0 Å². The molecule has 0 spiro atoms. The standard InChI is InChI=1S/C12H9N3O/c13-12-15-14-11(16-12)10-7-3-5-8-4-1-2-6-9(8)10/h1-7H,(H2,13,15). The van der Waals surface area contributed by atoms with Crippen molar-refractivity contribution in [2.75, 3.05) is 5.73 Å². The predicted molar refractivity (Wildman–Crippen MR) is 61.7 cm³/mol. The van der Waals surface area contributed by atoms with Gasteiger partial charge in [0.25, 0.3) is 0 Å². The summed E-state index contributed by atoms with van der Waals surface area (Å²) >= 11 is 0. The van der Waals surface area contributed by atoms with Crippen molar-refractivity contribution in [3.05, 3.63) is 42.5 Å². The summed E-state index contributed by atoms with van der Waals surface area (Å²) in [6.07, 6.45) is 0. The average molecular weight is 211 g/mol. The summed E-state index contributed by atoms with van der Waals surface area (Å²) in [5.41, 5.74) is 6.32. The Hall–Kier alpha value is -2.36. The lowest BCUT2D eigenvalue weighted by molar-refractivity contribution is 0.591. The second kappa shape index (κ2) is 3.34. The number of nitrogens with two attached hydrogens (primary N) is 1. The minimum absolute atomic E-state index is 0.0861. The Kier molecular flexibility index (Phi) is 1.86. The highest BCUT2D eigenvalue weighted by Crippen LogP contribution is 2.27. The summed E-state index contributed by atoms with van der Waals surface area (Å²) in [6.45, 7) is 0. The molecule has 0 unspecified atom stereocenters. The number of rotatable bonds is 1. The van der Waals surface area contributed by atoms with Gasteiger partial charge in [-0.05, 0) is 16.8 Å². The van der Waals surface area contributed by atoms with E-state index in [0.717, 1.165) is 16.3 Å². The molecule has 2 N–H and O–H groups in total. The average Bonchev–Trinajstić information content (AvgIpc) is 2.75. The van der Waals surface area contributed by atoms with E-state index in [1.54, 1.807) is 0 Å². The molecule has 0 aliphatic rings. The summed E-state index contributed by atoms with van der Waals surface area (Å²) < 4.78 is 5.23. The fraction of sp³-hybridized carbons (Fsp3) is 0. The van der Waals surface area contributed by atoms with Crippen LogP contribution in [-0.2, 0) is 0 Å². The first-order valence-corrected chi connectivity index (χ1v) is 4.92. The molecule has 0 saturated heterocycles. The zero-order valence-corrected chi connectivity index (χ0v) is 8.42. The number of benzene rings is 2. The smallest absolute Gasteiger partial charge is 0.313 e. The van der Waals surface area contributed by atoms with E-state index in [0.29, 0.717) is 5.89 Å². The molecular weight excluding hydrogens is 202 g/mol. The van der Waals surface area contributed by atoms with Crippen LogP contribution < -0.4 is 5.73 Å². The van der Waals surface area contributed by atoms with Crippen LogP contribution in [0.5, 0.6) is 0 Å². The minimum atomic E-state index is 0.0861. The summed E-state index contributed by atoms with van der Waals surface area (Å²) in [6, 6.07) is 14.1. The van der Waals surface area contributed by atoms with Crippen LogP contribution in [0.1, 0.15) is 0 Å². The predicted octanol–water partition coefficient (Wildman–Crippen LogP) is 2.47. The van der Waals surface area contributed by atoms with Gasteiger partial charge in [-0.25, -0.2) is 0 Å². The van der Waals surface area contributed by atoms with Gasteiger partial charge in [0.15, 0.2) is 0 Å². The van der Waals surface area contributed by atoms with Crippen LogP contribution >= 0.6 is 0 Å². The molecule has 4 heteroatoms. The van der Waals surface area contributed by atoms with E-state index in [1.807, 2.05) is 42.5 Å². The lowest BCUT2D eigenvalue weighted by Gasteiger charge is -2.01. The van der Waals surface area contributed by atoms with Crippen LogP contribution in [0.25, 0.3) is 22.2 Å². The van der Waals surface area contributed by atoms with Gasteiger partial charge >= 0.3 is 6.01 Å². The number of hydrogen-bond acceptors (Lipinski definition) is 4. The maximum atomic E-state index is 5.42. The zero-order chi connectivity index (χ0) is 11.0. The second-order valence-electron chi connectivity index (χ2n) is 3.47. The highest BCUT2D eigenvalue weighted by molar-refractivity contribution is 5.94. The first-order valence-electron chi connectivity index (χ1n) is 4.92. The highest BCUT2D eigenvalue weighted by atomic mass is 16.4. The molecule has 0 aliphatic carbocycles. The van der Waals surface area contributed by atoms with Crippen LogP contribution in [-0.4, -0.2) is 10.2 Å². The molecule has 3 aromatic rings. The van der Waals surface area contributed by atoms with Crippen LogP contribution in [0.3, 0.4) is 0 Å². The summed E-state index contributed by atoms with van der Waals surface area (Å²) in [5, 5.41) is 9.77. The van der Waals surface area contributed by atoms with Crippen molar-refractivity contribution in [2.24, 2.45) is 0 Å². The third-order valence-electron chi connectivity index (χ3n) is 2.46. The normalized spacial score (nSPS) is 10.8. The molecule has 0 amide bonds. The second-order valence-corrected chi connectivity index (χ2v) is 3.47.